The summed E-state index contributed by atoms with van der Waals surface area (Å²) in [6, 6.07) is 13.5. The summed E-state index contributed by atoms with van der Waals surface area (Å²) in [7, 11) is 1.42. The lowest BCUT2D eigenvalue weighted by Crippen LogP contribution is -2.75. The zero-order valence-electron chi connectivity index (χ0n) is 20.4. The Hall–Kier alpha value is -3.79. The SMILES string of the molecule is CCCN1C(=O)N(C)C(=O)[C@]2(Cc3cc([N+](=O)[O-])ccc3N3CCN(Cc4ccccc4)C[C@@H]32)C1=O. The third-order valence-corrected chi connectivity index (χ3v) is 7.61. The number of nitro benzene ring substituents is 1. The van der Waals surface area contributed by atoms with E-state index in [9.17, 15) is 24.5 Å². The number of imide groups is 2. The number of rotatable bonds is 5. The van der Waals surface area contributed by atoms with Crippen molar-refractivity contribution in [2.45, 2.75) is 32.4 Å². The number of non-ortho nitro benzene ring substituents is 1. The smallest absolute Gasteiger partial charge is 0.333 e. The molecule has 10 nitrogen and oxygen atoms in total. The number of carbonyl (C=O) groups excluding carboxylic acids is 3. The van der Waals surface area contributed by atoms with Crippen LogP contribution in [0.25, 0.3) is 0 Å². The van der Waals surface area contributed by atoms with E-state index in [1.165, 1.54) is 24.1 Å². The molecule has 0 aliphatic carbocycles. The first-order valence-corrected chi connectivity index (χ1v) is 12.2. The predicted molar refractivity (Wildman–Crippen MR) is 132 cm³/mol. The molecule has 5 rings (SSSR count). The fourth-order valence-electron chi connectivity index (χ4n) is 5.90. The van der Waals surface area contributed by atoms with Crippen LogP contribution in [-0.2, 0) is 22.6 Å². The van der Waals surface area contributed by atoms with Crippen molar-refractivity contribution in [3.05, 3.63) is 69.8 Å². The van der Waals surface area contributed by atoms with E-state index in [0.29, 0.717) is 38.2 Å². The molecule has 2 aromatic carbocycles. The van der Waals surface area contributed by atoms with Gasteiger partial charge in [-0.1, -0.05) is 37.3 Å². The van der Waals surface area contributed by atoms with Crippen molar-refractivity contribution >= 4 is 29.2 Å². The quantitative estimate of drug-likeness (QED) is 0.360. The van der Waals surface area contributed by atoms with Gasteiger partial charge in [-0.2, -0.15) is 0 Å². The maximum Gasteiger partial charge on any atom is 0.333 e. The molecule has 3 aliphatic heterocycles. The molecule has 0 radical (unpaired) electrons. The van der Waals surface area contributed by atoms with E-state index >= 15 is 0 Å². The van der Waals surface area contributed by atoms with Gasteiger partial charge in [0.25, 0.3) is 5.69 Å². The van der Waals surface area contributed by atoms with Crippen LogP contribution in [0, 0.1) is 15.5 Å². The summed E-state index contributed by atoms with van der Waals surface area (Å²) in [6.45, 7) is 4.45. The normalized spacial score (nSPS) is 24.2. The van der Waals surface area contributed by atoms with E-state index < -0.39 is 34.2 Å². The van der Waals surface area contributed by atoms with Crippen LogP contribution in [0.3, 0.4) is 0 Å². The summed E-state index contributed by atoms with van der Waals surface area (Å²) in [6.07, 6.45) is 0.575. The number of hydrogen-bond donors (Lipinski definition) is 0. The highest BCUT2D eigenvalue weighted by Gasteiger charge is 2.64. The summed E-state index contributed by atoms with van der Waals surface area (Å²) in [4.78, 5) is 58.4. The number of fused-ring (bicyclic) bond motifs is 4. The molecule has 36 heavy (non-hydrogen) atoms. The topological polar surface area (TPSA) is 107 Å². The van der Waals surface area contributed by atoms with E-state index in [1.807, 2.05) is 42.2 Å². The highest BCUT2D eigenvalue weighted by Crippen LogP contribution is 2.47. The molecular formula is C26H29N5O5. The van der Waals surface area contributed by atoms with Gasteiger partial charge in [-0.05, 0) is 23.6 Å². The van der Waals surface area contributed by atoms with Crippen molar-refractivity contribution in [1.29, 1.82) is 0 Å². The van der Waals surface area contributed by atoms with Crippen molar-refractivity contribution in [3.63, 3.8) is 0 Å². The van der Waals surface area contributed by atoms with Crippen molar-refractivity contribution in [3.8, 4) is 0 Å². The summed E-state index contributed by atoms with van der Waals surface area (Å²) in [5.74, 6) is -1.05. The zero-order valence-corrected chi connectivity index (χ0v) is 20.4. The maximum absolute atomic E-state index is 14.1. The Morgan fingerprint density at radius 1 is 1.06 bits per heavy atom. The highest BCUT2D eigenvalue weighted by molar-refractivity contribution is 6.20. The van der Waals surface area contributed by atoms with Crippen molar-refractivity contribution in [1.82, 2.24) is 14.7 Å². The molecule has 2 atom stereocenters. The molecule has 2 fully saturated rings. The number of benzene rings is 2. The molecule has 10 heteroatoms. The van der Waals surface area contributed by atoms with Gasteiger partial charge in [-0.15, -0.1) is 0 Å². The Morgan fingerprint density at radius 3 is 2.50 bits per heavy atom. The second-order valence-electron chi connectivity index (χ2n) is 9.75. The number of amides is 4. The summed E-state index contributed by atoms with van der Waals surface area (Å²) in [5, 5.41) is 11.5. The molecule has 1 spiro atoms. The first-order valence-electron chi connectivity index (χ1n) is 12.2. The molecule has 2 saturated heterocycles. The molecule has 188 valence electrons. The highest BCUT2D eigenvalue weighted by atomic mass is 16.6. The van der Waals surface area contributed by atoms with Crippen LogP contribution in [0.1, 0.15) is 24.5 Å². The minimum Gasteiger partial charge on any atom is -0.364 e. The lowest BCUT2D eigenvalue weighted by Gasteiger charge is -2.56. The molecule has 0 N–H and O–H groups in total. The fourth-order valence-corrected chi connectivity index (χ4v) is 5.90. The van der Waals surface area contributed by atoms with Crippen LogP contribution in [0.4, 0.5) is 16.2 Å². The second-order valence-corrected chi connectivity index (χ2v) is 9.75. The average Bonchev–Trinajstić information content (AvgIpc) is 2.89. The predicted octanol–water partition coefficient (Wildman–Crippen LogP) is 2.66. The third-order valence-electron chi connectivity index (χ3n) is 7.61. The molecule has 0 unspecified atom stereocenters. The first-order chi connectivity index (χ1) is 17.3. The number of anilines is 1. The van der Waals surface area contributed by atoms with Gasteiger partial charge in [-0.25, -0.2) is 4.79 Å². The average molecular weight is 492 g/mol. The third kappa shape index (κ3) is 3.63. The summed E-state index contributed by atoms with van der Waals surface area (Å²) < 4.78 is 0. The summed E-state index contributed by atoms with van der Waals surface area (Å²) >= 11 is 0. The summed E-state index contributed by atoms with van der Waals surface area (Å²) in [5.41, 5.74) is 0.884. The number of carbonyl (C=O) groups is 3. The minimum atomic E-state index is -1.55. The fraction of sp³-hybridized carbons (Fsp3) is 0.423. The zero-order chi connectivity index (χ0) is 25.6. The molecule has 0 aromatic heterocycles. The van der Waals surface area contributed by atoms with E-state index in [2.05, 4.69) is 4.90 Å². The number of urea groups is 1. The van der Waals surface area contributed by atoms with Gasteiger partial charge in [0, 0.05) is 64.0 Å². The van der Waals surface area contributed by atoms with Gasteiger partial charge >= 0.3 is 6.03 Å². The molecule has 3 heterocycles. The lowest BCUT2D eigenvalue weighted by molar-refractivity contribution is -0.384. The number of hydrogen-bond acceptors (Lipinski definition) is 7. The largest absolute Gasteiger partial charge is 0.364 e. The molecule has 3 aliphatic rings. The van der Waals surface area contributed by atoms with Gasteiger partial charge in [0.2, 0.25) is 11.8 Å². The van der Waals surface area contributed by atoms with E-state index in [0.717, 1.165) is 16.2 Å². The van der Waals surface area contributed by atoms with E-state index in [4.69, 9.17) is 0 Å². The molecule has 2 aromatic rings. The van der Waals surface area contributed by atoms with Crippen LogP contribution in [-0.4, -0.2) is 76.7 Å². The standard InChI is InChI=1S/C26H29N5O5/c1-3-11-30-24(33)26(23(32)27(2)25(30)34)15-19-14-20(31(35)36)9-10-21(19)29-13-12-28(17-22(26)29)16-18-7-5-4-6-8-18/h4-10,14,22H,3,11-13,15-17H2,1-2H3/t22-,26-/m1/s1. The van der Waals surface area contributed by atoms with Gasteiger partial charge < -0.3 is 4.90 Å². The number of piperazine rings is 1. The number of barbiturate groups is 1. The van der Waals surface area contributed by atoms with Crippen LogP contribution >= 0.6 is 0 Å². The monoisotopic (exact) mass is 491 g/mol. The Bertz CT molecular complexity index is 1230. The van der Waals surface area contributed by atoms with Crippen molar-refractivity contribution < 1.29 is 19.3 Å². The Balaban J connectivity index is 1.61. The molecular weight excluding hydrogens is 462 g/mol. The molecule has 0 bridgehead atoms. The Morgan fingerprint density at radius 2 is 1.81 bits per heavy atom. The second kappa shape index (κ2) is 9.02. The first kappa shape index (κ1) is 23.9. The number of nitrogens with zero attached hydrogens (tertiary/aromatic N) is 5. The van der Waals surface area contributed by atoms with Crippen LogP contribution in [0.15, 0.2) is 48.5 Å². The van der Waals surface area contributed by atoms with Crippen molar-refractivity contribution in [2.75, 3.05) is 38.1 Å². The van der Waals surface area contributed by atoms with Crippen molar-refractivity contribution in [2.24, 2.45) is 5.41 Å². The van der Waals surface area contributed by atoms with Gasteiger partial charge in [0.1, 0.15) is 0 Å². The van der Waals surface area contributed by atoms with Crippen LogP contribution in [0.5, 0.6) is 0 Å². The van der Waals surface area contributed by atoms with Gasteiger partial charge in [-0.3, -0.25) is 34.4 Å². The lowest BCUT2D eigenvalue weighted by atomic mass is 9.67. The molecule has 0 saturated carbocycles. The van der Waals surface area contributed by atoms with Gasteiger partial charge in [0.15, 0.2) is 5.41 Å². The minimum absolute atomic E-state index is 0.0137. The Labute approximate surface area is 209 Å². The van der Waals surface area contributed by atoms with E-state index in [1.54, 1.807) is 6.07 Å². The van der Waals surface area contributed by atoms with Crippen LogP contribution in [0.2, 0.25) is 0 Å². The van der Waals surface area contributed by atoms with E-state index in [-0.39, 0.29) is 18.7 Å². The van der Waals surface area contributed by atoms with Crippen LogP contribution < -0.4 is 4.90 Å². The maximum atomic E-state index is 14.1. The van der Waals surface area contributed by atoms with Gasteiger partial charge in [0.05, 0.1) is 11.0 Å². The molecule has 4 amide bonds. The Kier molecular flexibility index (Phi) is 5.99. The number of nitro groups is 1.